The highest BCUT2D eigenvalue weighted by atomic mass is 35.5. The van der Waals surface area contributed by atoms with Gasteiger partial charge in [0.1, 0.15) is 0 Å². The predicted molar refractivity (Wildman–Crippen MR) is 42.9 cm³/mol. The molecular weight excluding hydrogens is 156 g/mol. The Morgan fingerprint density at radius 2 is 2.22 bits per heavy atom. The first-order valence-corrected chi connectivity index (χ1v) is 3.51. The maximum atomic E-state index is 10.4. The van der Waals surface area contributed by atoms with Gasteiger partial charge in [-0.15, -0.1) is 0 Å². The molecule has 0 spiro atoms. The Morgan fingerprint density at radius 3 is 2.33 bits per heavy atom. The summed E-state index contributed by atoms with van der Waals surface area (Å²) >= 11 is 9.95. The number of rotatable bonds is 3. The Kier molecular flexibility index (Phi) is 3.98. The summed E-state index contributed by atoms with van der Waals surface area (Å²) in [5.74, 6) is -0.121. The Morgan fingerprint density at radius 1 is 1.78 bits per heavy atom. The molecule has 0 aromatic heterocycles. The van der Waals surface area contributed by atoms with Crippen molar-refractivity contribution in [1.29, 1.82) is 0 Å². The van der Waals surface area contributed by atoms with Gasteiger partial charge in [-0.05, 0) is 29.8 Å². The summed E-state index contributed by atoms with van der Waals surface area (Å²) < 4.78 is 0. The van der Waals surface area contributed by atoms with Gasteiger partial charge < -0.3 is 0 Å². The van der Waals surface area contributed by atoms with E-state index in [1.807, 2.05) is 6.92 Å². The minimum absolute atomic E-state index is 0.121. The molecule has 0 bridgehead atoms. The fraction of sp³-hybridized carbons (Fsp3) is 0.667. The molecule has 0 aliphatic heterocycles. The Bertz CT molecular complexity index is 133. The lowest BCUT2D eigenvalue weighted by Gasteiger charge is -2.01. The average molecular weight is 165 g/mol. The van der Waals surface area contributed by atoms with Crippen LogP contribution >= 0.6 is 23.8 Å². The molecule has 0 aliphatic carbocycles. The van der Waals surface area contributed by atoms with Crippen LogP contribution in [0.3, 0.4) is 0 Å². The van der Waals surface area contributed by atoms with Gasteiger partial charge >= 0.3 is 0 Å². The molecule has 0 N–H and O–H groups in total. The number of hydrogen-bond acceptors (Lipinski definition) is 2. The van der Waals surface area contributed by atoms with E-state index in [1.54, 1.807) is 6.92 Å². The molecule has 0 amide bonds. The lowest BCUT2D eigenvalue weighted by molar-refractivity contribution is -0.114. The second-order valence-corrected chi connectivity index (χ2v) is 3.18. The van der Waals surface area contributed by atoms with Gasteiger partial charge in [0.2, 0.25) is 5.24 Å². The summed E-state index contributed by atoms with van der Waals surface area (Å²) in [7, 11) is 0. The van der Waals surface area contributed by atoms with Crippen molar-refractivity contribution < 1.29 is 4.79 Å². The Balaban J connectivity index is 3.63. The minimum atomic E-state index is -0.306. The van der Waals surface area contributed by atoms with Crippen LogP contribution in [0.4, 0.5) is 0 Å². The van der Waals surface area contributed by atoms with Gasteiger partial charge in [-0.1, -0.05) is 19.1 Å². The van der Waals surface area contributed by atoms with E-state index in [4.69, 9.17) is 23.8 Å². The summed E-state index contributed by atoms with van der Waals surface area (Å²) in [6.07, 6.45) is 0.623. The largest absolute Gasteiger partial charge is 0.281 e. The zero-order chi connectivity index (χ0) is 7.44. The fourth-order valence-corrected chi connectivity index (χ4v) is 0.839. The number of hydrogen-bond donors (Lipinski definition) is 0. The summed E-state index contributed by atoms with van der Waals surface area (Å²) in [6, 6.07) is 0. The molecule has 3 heteroatoms. The Hall–Kier alpha value is 0.0500. The minimum Gasteiger partial charge on any atom is -0.281 e. The predicted octanol–water partition coefficient (Wildman–Crippen LogP) is 2.17. The first-order valence-electron chi connectivity index (χ1n) is 2.73. The van der Waals surface area contributed by atoms with E-state index in [-0.39, 0.29) is 11.2 Å². The monoisotopic (exact) mass is 164 g/mol. The molecule has 1 unspecified atom stereocenters. The van der Waals surface area contributed by atoms with Gasteiger partial charge in [-0.25, -0.2) is 0 Å². The zero-order valence-electron chi connectivity index (χ0n) is 5.48. The molecule has 0 aromatic carbocycles. The third kappa shape index (κ3) is 4.55. The summed E-state index contributed by atoms with van der Waals surface area (Å²) in [5, 5.41) is -0.306. The van der Waals surface area contributed by atoms with E-state index in [1.165, 1.54) is 0 Å². The van der Waals surface area contributed by atoms with E-state index in [0.717, 1.165) is 4.86 Å². The number of thiocarbonyl (C=S) groups is 1. The highest BCUT2D eigenvalue weighted by Gasteiger charge is 2.09. The number of carbonyl (C=O) groups is 1. The lowest BCUT2D eigenvalue weighted by atomic mass is 10.1. The maximum absolute atomic E-state index is 10.4. The SMILES string of the molecule is CC(=S)CC(C)C(=O)Cl. The first kappa shape index (κ1) is 9.05. The quantitative estimate of drug-likeness (QED) is 0.470. The average Bonchev–Trinajstić information content (AvgIpc) is 1.63. The molecule has 1 atom stereocenters. The molecule has 0 heterocycles. The van der Waals surface area contributed by atoms with Crippen LogP contribution in [0.1, 0.15) is 20.3 Å². The molecule has 0 fully saturated rings. The second kappa shape index (κ2) is 3.96. The fourth-order valence-electron chi connectivity index (χ4n) is 0.511. The van der Waals surface area contributed by atoms with Gasteiger partial charge in [0.15, 0.2) is 0 Å². The second-order valence-electron chi connectivity index (χ2n) is 2.11. The number of carbonyl (C=O) groups excluding carboxylic acids is 1. The van der Waals surface area contributed by atoms with Crippen molar-refractivity contribution >= 4 is 33.9 Å². The molecule has 52 valence electrons. The van der Waals surface area contributed by atoms with Crippen molar-refractivity contribution in [2.45, 2.75) is 20.3 Å². The van der Waals surface area contributed by atoms with Crippen LogP contribution in [0.2, 0.25) is 0 Å². The normalized spacial score (nSPS) is 12.8. The van der Waals surface area contributed by atoms with Gasteiger partial charge in [-0.3, -0.25) is 4.79 Å². The van der Waals surface area contributed by atoms with Crippen LogP contribution in [0, 0.1) is 5.92 Å². The molecule has 1 nitrogen and oxygen atoms in total. The van der Waals surface area contributed by atoms with Crippen LogP contribution in [0.25, 0.3) is 0 Å². The third-order valence-corrected chi connectivity index (χ3v) is 1.52. The molecule has 9 heavy (non-hydrogen) atoms. The molecule has 0 aliphatic rings. The maximum Gasteiger partial charge on any atom is 0.224 e. The summed E-state index contributed by atoms with van der Waals surface area (Å²) in [4.78, 5) is 11.2. The van der Waals surface area contributed by atoms with Crippen LogP contribution in [-0.2, 0) is 4.79 Å². The first-order chi connectivity index (χ1) is 4.04. The van der Waals surface area contributed by atoms with Crippen molar-refractivity contribution in [3.8, 4) is 0 Å². The van der Waals surface area contributed by atoms with Crippen molar-refractivity contribution in [3.05, 3.63) is 0 Å². The standard InChI is InChI=1S/C6H9ClOS/c1-4(6(7)8)3-5(2)9/h4H,3H2,1-2H3. The van der Waals surface area contributed by atoms with E-state index in [2.05, 4.69) is 0 Å². The van der Waals surface area contributed by atoms with E-state index in [0.29, 0.717) is 6.42 Å². The van der Waals surface area contributed by atoms with Gasteiger partial charge in [-0.2, -0.15) is 0 Å². The molecule has 0 rings (SSSR count). The zero-order valence-corrected chi connectivity index (χ0v) is 7.05. The number of halogens is 1. The van der Waals surface area contributed by atoms with E-state index in [9.17, 15) is 4.79 Å². The summed E-state index contributed by atoms with van der Waals surface area (Å²) in [6.45, 7) is 3.58. The highest BCUT2D eigenvalue weighted by molar-refractivity contribution is 7.80. The highest BCUT2D eigenvalue weighted by Crippen LogP contribution is 2.06. The molecule has 0 radical (unpaired) electrons. The van der Waals surface area contributed by atoms with Gasteiger partial charge in [0, 0.05) is 5.92 Å². The van der Waals surface area contributed by atoms with Crippen LogP contribution in [0.5, 0.6) is 0 Å². The molecule has 0 saturated carbocycles. The topological polar surface area (TPSA) is 17.1 Å². The summed E-state index contributed by atoms with van der Waals surface area (Å²) in [5.41, 5.74) is 0. The van der Waals surface area contributed by atoms with Crippen LogP contribution in [0.15, 0.2) is 0 Å². The van der Waals surface area contributed by atoms with Crippen molar-refractivity contribution in [2.75, 3.05) is 0 Å². The van der Waals surface area contributed by atoms with E-state index >= 15 is 0 Å². The molecule has 0 aromatic rings. The van der Waals surface area contributed by atoms with Crippen LogP contribution in [-0.4, -0.2) is 10.1 Å². The van der Waals surface area contributed by atoms with Crippen molar-refractivity contribution in [1.82, 2.24) is 0 Å². The molecule has 0 saturated heterocycles. The van der Waals surface area contributed by atoms with Crippen molar-refractivity contribution in [2.24, 2.45) is 5.92 Å². The van der Waals surface area contributed by atoms with E-state index < -0.39 is 0 Å². The van der Waals surface area contributed by atoms with Crippen molar-refractivity contribution in [3.63, 3.8) is 0 Å². The third-order valence-electron chi connectivity index (χ3n) is 0.981. The smallest absolute Gasteiger partial charge is 0.224 e. The van der Waals surface area contributed by atoms with Crippen LogP contribution < -0.4 is 0 Å². The molecular formula is C6H9ClOS. The Labute approximate surface area is 65.4 Å². The van der Waals surface area contributed by atoms with Gasteiger partial charge in [0.25, 0.3) is 0 Å². The lowest BCUT2D eigenvalue weighted by Crippen LogP contribution is -2.06. The van der Waals surface area contributed by atoms with Gasteiger partial charge in [0.05, 0.1) is 0 Å².